The summed E-state index contributed by atoms with van der Waals surface area (Å²) in [7, 11) is 0. The van der Waals surface area contributed by atoms with Crippen molar-refractivity contribution in [2.75, 3.05) is 13.2 Å². The molecule has 124 valence electrons. The molecule has 0 atom stereocenters. The molecule has 24 heavy (non-hydrogen) atoms. The Balaban J connectivity index is 1.71. The van der Waals surface area contributed by atoms with Gasteiger partial charge < -0.3 is 9.47 Å². The molecule has 0 saturated heterocycles. The van der Waals surface area contributed by atoms with Crippen molar-refractivity contribution in [3.05, 3.63) is 80.9 Å². The van der Waals surface area contributed by atoms with Crippen LogP contribution in [0.1, 0.15) is 0 Å². The highest BCUT2D eigenvalue weighted by Crippen LogP contribution is 2.18. The van der Waals surface area contributed by atoms with Gasteiger partial charge in [0.15, 0.2) is 0 Å². The first-order valence-corrected chi connectivity index (χ1v) is 6.96. The van der Waals surface area contributed by atoms with Gasteiger partial charge in [-0.15, -0.1) is 0 Å². The Morgan fingerprint density at radius 3 is 1.33 bits per heavy atom. The lowest BCUT2D eigenvalue weighted by molar-refractivity contribution is -0.385. The maximum absolute atomic E-state index is 10.5. The first kappa shape index (κ1) is 16.9. The highest BCUT2D eigenvalue weighted by atomic mass is 16.6. The lowest BCUT2D eigenvalue weighted by Crippen LogP contribution is -1.97. The summed E-state index contributed by atoms with van der Waals surface area (Å²) in [5, 5.41) is 21.0. The van der Waals surface area contributed by atoms with Gasteiger partial charge in [0.1, 0.15) is 24.7 Å². The maximum Gasteiger partial charge on any atom is 0.269 e. The van der Waals surface area contributed by atoms with E-state index in [0.29, 0.717) is 24.7 Å². The van der Waals surface area contributed by atoms with Crippen molar-refractivity contribution in [1.82, 2.24) is 0 Å². The number of non-ortho nitro benzene ring substituents is 2. The van der Waals surface area contributed by atoms with Gasteiger partial charge in [-0.25, -0.2) is 0 Å². The summed E-state index contributed by atoms with van der Waals surface area (Å²) in [4.78, 5) is 20.1. The molecule has 0 spiro atoms. The lowest BCUT2D eigenvalue weighted by atomic mass is 10.3. The minimum absolute atomic E-state index is 0.00869. The topological polar surface area (TPSA) is 105 Å². The molecule has 8 heteroatoms. The molecule has 0 saturated carbocycles. The molecule has 2 aromatic carbocycles. The van der Waals surface area contributed by atoms with E-state index in [1.165, 1.54) is 48.5 Å². The molecule has 0 amide bonds. The van der Waals surface area contributed by atoms with E-state index >= 15 is 0 Å². The van der Waals surface area contributed by atoms with E-state index in [1.807, 2.05) is 0 Å². The predicted molar refractivity (Wildman–Crippen MR) is 86.3 cm³/mol. The van der Waals surface area contributed by atoms with E-state index < -0.39 is 9.85 Å². The van der Waals surface area contributed by atoms with Crippen molar-refractivity contribution in [3.8, 4) is 11.5 Å². The van der Waals surface area contributed by atoms with E-state index in [-0.39, 0.29) is 11.4 Å². The summed E-state index contributed by atoms with van der Waals surface area (Å²) < 4.78 is 10.8. The van der Waals surface area contributed by atoms with Crippen LogP contribution < -0.4 is 9.47 Å². The van der Waals surface area contributed by atoms with Gasteiger partial charge in [0.2, 0.25) is 0 Å². The van der Waals surface area contributed by atoms with E-state index in [1.54, 1.807) is 12.2 Å². The fourth-order valence-electron chi connectivity index (χ4n) is 1.75. The molecule has 0 heterocycles. The van der Waals surface area contributed by atoms with Crippen LogP contribution in [0.3, 0.4) is 0 Å². The summed E-state index contributed by atoms with van der Waals surface area (Å²) >= 11 is 0. The van der Waals surface area contributed by atoms with Gasteiger partial charge in [-0.05, 0) is 36.4 Å². The Morgan fingerprint density at radius 2 is 1.04 bits per heavy atom. The van der Waals surface area contributed by atoms with E-state index in [0.717, 1.165) is 0 Å². The molecular weight excluding hydrogens is 316 g/mol. The number of nitrogens with zero attached hydrogens (tertiary/aromatic N) is 2. The average molecular weight is 330 g/mol. The van der Waals surface area contributed by atoms with Crippen molar-refractivity contribution in [3.63, 3.8) is 0 Å². The Kier molecular flexibility index (Phi) is 5.84. The van der Waals surface area contributed by atoms with Gasteiger partial charge in [-0.3, -0.25) is 20.2 Å². The molecular formula is C16H14N2O6. The number of hydrogen-bond acceptors (Lipinski definition) is 6. The number of nitro groups is 2. The number of ether oxygens (including phenoxy) is 2. The van der Waals surface area contributed by atoms with Crippen LogP contribution in [0.4, 0.5) is 11.4 Å². The van der Waals surface area contributed by atoms with Crippen molar-refractivity contribution in [1.29, 1.82) is 0 Å². The zero-order valence-electron chi connectivity index (χ0n) is 12.5. The van der Waals surface area contributed by atoms with Crippen LogP contribution in [-0.2, 0) is 0 Å². The SMILES string of the molecule is O=[N+]([O-])c1ccc(OCC=CCOc2ccc([N+](=O)[O-])cc2)cc1. The Hall–Kier alpha value is -3.42. The molecule has 0 aliphatic carbocycles. The number of nitro benzene ring substituents is 2. The van der Waals surface area contributed by atoms with Crippen molar-refractivity contribution in [2.24, 2.45) is 0 Å². The van der Waals surface area contributed by atoms with Crippen LogP contribution in [0.15, 0.2) is 60.7 Å². The van der Waals surface area contributed by atoms with Crippen molar-refractivity contribution >= 4 is 11.4 Å². The molecule has 2 aromatic rings. The fraction of sp³-hybridized carbons (Fsp3) is 0.125. The summed E-state index contributed by atoms with van der Waals surface area (Å²) in [5.74, 6) is 1.06. The minimum Gasteiger partial charge on any atom is -0.490 e. The molecule has 2 rings (SSSR count). The standard InChI is InChI=1S/C16H14N2O6/c19-17(20)13-3-7-15(8-4-13)23-11-1-2-12-24-16-9-5-14(6-10-16)18(21)22/h1-10H,11-12H2. The number of rotatable bonds is 8. The van der Waals surface area contributed by atoms with Gasteiger partial charge >= 0.3 is 0 Å². The fourth-order valence-corrected chi connectivity index (χ4v) is 1.75. The second-order valence-corrected chi connectivity index (χ2v) is 4.60. The molecule has 0 fully saturated rings. The first-order chi connectivity index (χ1) is 11.6. The molecule has 0 aliphatic rings. The third kappa shape index (κ3) is 5.09. The van der Waals surface area contributed by atoms with Crippen LogP contribution in [0.5, 0.6) is 11.5 Å². The predicted octanol–water partition coefficient (Wildman–Crippen LogP) is 3.52. The van der Waals surface area contributed by atoms with Gasteiger partial charge in [0.25, 0.3) is 11.4 Å². The number of hydrogen-bond donors (Lipinski definition) is 0. The van der Waals surface area contributed by atoms with E-state index in [4.69, 9.17) is 9.47 Å². The highest BCUT2D eigenvalue weighted by molar-refractivity contribution is 5.36. The third-order valence-corrected chi connectivity index (χ3v) is 2.95. The smallest absolute Gasteiger partial charge is 0.269 e. The molecule has 0 N–H and O–H groups in total. The van der Waals surface area contributed by atoms with Gasteiger partial charge in [-0.1, -0.05) is 0 Å². The monoisotopic (exact) mass is 330 g/mol. The summed E-state index contributed by atoms with van der Waals surface area (Å²) in [6.45, 7) is 0.586. The Morgan fingerprint density at radius 1 is 0.708 bits per heavy atom. The molecule has 0 radical (unpaired) electrons. The second kappa shape index (κ2) is 8.28. The molecule has 0 unspecified atom stereocenters. The summed E-state index contributed by atoms with van der Waals surface area (Å²) in [6, 6.07) is 11.6. The molecule has 8 nitrogen and oxygen atoms in total. The normalized spacial score (nSPS) is 10.5. The first-order valence-electron chi connectivity index (χ1n) is 6.96. The Bertz CT molecular complexity index is 662. The van der Waals surface area contributed by atoms with E-state index in [2.05, 4.69) is 0 Å². The molecule has 0 aromatic heterocycles. The Labute approximate surface area is 137 Å². The van der Waals surface area contributed by atoms with Crippen LogP contribution in [-0.4, -0.2) is 23.1 Å². The maximum atomic E-state index is 10.5. The van der Waals surface area contributed by atoms with Crippen molar-refractivity contribution < 1.29 is 19.3 Å². The van der Waals surface area contributed by atoms with Gasteiger partial charge in [0.05, 0.1) is 9.85 Å². The summed E-state index contributed by atoms with van der Waals surface area (Å²) in [6.07, 6.45) is 3.49. The molecule has 0 bridgehead atoms. The quantitative estimate of drug-likeness (QED) is 0.416. The van der Waals surface area contributed by atoms with Crippen LogP contribution >= 0.6 is 0 Å². The molecule has 0 aliphatic heterocycles. The lowest BCUT2D eigenvalue weighted by Gasteiger charge is -2.03. The second-order valence-electron chi connectivity index (χ2n) is 4.60. The van der Waals surface area contributed by atoms with Crippen LogP contribution in [0.25, 0.3) is 0 Å². The minimum atomic E-state index is -0.473. The van der Waals surface area contributed by atoms with Crippen LogP contribution in [0, 0.1) is 20.2 Å². The zero-order chi connectivity index (χ0) is 17.4. The number of benzene rings is 2. The summed E-state index contributed by atoms with van der Waals surface area (Å²) in [5.41, 5.74) is 0.0174. The largest absolute Gasteiger partial charge is 0.490 e. The van der Waals surface area contributed by atoms with Crippen LogP contribution in [0.2, 0.25) is 0 Å². The highest BCUT2D eigenvalue weighted by Gasteiger charge is 2.04. The van der Waals surface area contributed by atoms with Gasteiger partial charge in [-0.2, -0.15) is 0 Å². The average Bonchev–Trinajstić information content (AvgIpc) is 2.58. The third-order valence-electron chi connectivity index (χ3n) is 2.95. The van der Waals surface area contributed by atoms with Crippen molar-refractivity contribution in [2.45, 2.75) is 0 Å². The zero-order valence-corrected chi connectivity index (χ0v) is 12.5. The van der Waals surface area contributed by atoms with E-state index in [9.17, 15) is 20.2 Å². The van der Waals surface area contributed by atoms with Gasteiger partial charge in [0, 0.05) is 24.3 Å².